The van der Waals surface area contributed by atoms with Crippen LogP contribution >= 0.6 is 0 Å². The normalized spacial score (nSPS) is 13.7. The summed E-state index contributed by atoms with van der Waals surface area (Å²) in [5.41, 5.74) is 6.27. The average Bonchev–Trinajstić information content (AvgIpc) is 3.51. The van der Waals surface area contributed by atoms with E-state index in [0.29, 0.717) is 23.5 Å². The number of anilines is 1. The molecule has 1 aliphatic rings. The van der Waals surface area contributed by atoms with Gasteiger partial charge in [-0.3, -0.25) is 14.8 Å². The molecule has 4 aromatic rings. The first-order valence-corrected chi connectivity index (χ1v) is 12.6. The second-order valence-electron chi connectivity index (χ2n) is 9.30. The van der Waals surface area contributed by atoms with E-state index in [-0.39, 0.29) is 5.82 Å². The SMILES string of the molecule is C=C(/N=C(\C(=C/C)c1ccnn1CC)c1cn2c3c(cccc13)CCC2)Nc1cc([N+](=O)[O-])c(F)cc1C. The quantitative estimate of drug-likeness (QED) is 0.163. The molecule has 194 valence electrons. The lowest BCUT2D eigenvalue weighted by Crippen LogP contribution is -2.12. The monoisotopic (exact) mass is 512 g/mol. The minimum absolute atomic E-state index is 0.276. The van der Waals surface area contributed by atoms with E-state index in [1.807, 2.05) is 30.7 Å². The van der Waals surface area contributed by atoms with Gasteiger partial charge in [0, 0.05) is 53.8 Å². The zero-order chi connectivity index (χ0) is 27.0. The molecule has 0 spiro atoms. The highest BCUT2D eigenvalue weighted by atomic mass is 19.1. The van der Waals surface area contributed by atoms with Crippen molar-refractivity contribution in [3.8, 4) is 0 Å². The number of benzene rings is 2. The highest BCUT2D eigenvalue weighted by Gasteiger charge is 2.23. The van der Waals surface area contributed by atoms with Crippen molar-refractivity contribution < 1.29 is 9.31 Å². The van der Waals surface area contributed by atoms with Crippen LogP contribution in [0.1, 0.15) is 42.7 Å². The summed E-state index contributed by atoms with van der Waals surface area (Å²) in [7, 11) is 0. The first kappa shape index (κ1) is 25.1. The molecule has 8 nitrogen and oxygen atoms in total. The molecule has 3 heterocycles. The number of nitro groups is 1. The zero-order valence-electron chi connectivity index (χ0n) is 21.7. The summed E-state index contributed by atoms with van der Waals surface area (Å²) < 4.78 is 18.3. The Bertz CT molecular complexity index is 1640. The maximum atomic E-state index is 14.1. The van der Waals surface area contributed by atoms with Crippen LogP contribution < -0.4 is 5.32 Å². The van der Waals surface area contributed by atoms with E-state index in [2.05, 4.69) is 46.0 Å². The van der Waals surface area contributed by atoms with Crippen molar-refractivity contribution in [3.63, 3.8) is 0 Å². The fraction of sp³-hybridized carbons (Fsp3) is 0.241. The van der Waals surface area contributed by atoms with Gasteiger partial charge < -0.3 is 9.88 Å². The van der Waals surface area contributed by atoms with E-state index < -0.39 is 16.4 Å². The largest absolute Gasteiger partial charge is 0.347 e. The van der Waals surface area contributed by atoms with Crippen LogP contribution in [0.3, 0.4) is 0 Å². The Morgan fingerprint density at radius 1 is 1.34 bits per heavy atom. The fourth-order valence-electron chi connectivity index (χ4n) is 5.18. The number of aliphatic imine (C=N–C) groups is 1. The van der Waals surface area contributed by atoms with Gasteiger partial charge in [0.05, 0.1) is 21.8 Å². The van der Waals surface area contributed by atoms with Gasteiger partial charge in [-0.2, -0.15) is 9.49 Å². The molecular formula is C29H29FN6O2. The van der Waals surface area contributed by atoms with Crippen LogP contribution in [0.15, 0.2) is 72.3 Å². The molecule has 0 amide bonds. The number of hydrogen-bond acceptors (Lipinski definition) is 5. The molecule has 2 aromatic carbocycles. The summed E-state index contributed by atoms with van der Waals surface area (Å²) in [5, 5.41) is 19.9. The number of aromatic nitrogens is 3. The van der Waals surface area contributed by atoms with Gasteiger partial charge in [-0.05, 0) is 56.9 Å². The standard InChI is InChI=1S/C29H29FN6O2/c1-5-21(26-12-13-31-35(26)6-2)28(23-17-34-14-8-10-20-9-7-11-22(23)29(20)34)33-19(4)32-25-16-27(36(37)38)24(30)15-18(25)3/h5,7,9,11-13,15-17,32H,4,6,8,10,14H2,1-3H3/b21-5-,33-28+. The Balaban J connectivity index is 1.66. The highest BCUT2D eigenvalue weighted by Crippen LogP contribution is 2.34. The summed E-state index contributed by atoms with van der Waals surface area (Å²) in [6.07, 6.45) is 8.02. The Hall–Kier alpha value is -4.53. The van der Waals surface area contributed by atoms with Crippen LogP contribution in [0.4, 0.5) is 15.8 Å². The number of hydrogen-bond donors (Lipinski definition) is 1. The van der Waals surface area contributed by atoms with Crippen molar-refractivity contribution in [1.29, 1.82) is 0 Å². The lowest BCUT2D eigenvalue weighted by molar-refractivity contribution is -0.387. The molecule has 0 fully saturated rings. The molecule has 0 atom stereocenters. The lowest BCUT2D eigenvalue weighted by Gasteiger charge is -2.15. The van der Waals surface area contributed by atoms with E-state index >= 15 is 0 Å². The molecule has 5 rings (SSSR count). The number of nitrogens with zero attached hydrogens (tertiary/aromatic N) is 5. The number of halogens is 1. The molecule has 2 aromatic heterocycles. The second kappa shape index (κ2) is 10.1. The van der Waals surface area contributed by atoms with Crippen LogP contribution in [0, 0.1) is 22.9 Å². The van der Waals surface area contributed by atoms with Gasteiger partial charge in [0.2, 0.25) is 5.82 Å². The topological polar surface area (TPSA) is 90.3 Å². The van der Waals surface area contributed by atoms with E-state index in [9.17, 15) is 14.5 Å². The number of aryl methyl sites for hydroxylation is 4. The van der Waals surface area contributed by atoms with E-state index in [1.165, 1.54) is 17.1 Å². The number of allylic oxidation sites excluding steroid dienone is 2. The van der Waals surface area contributed by atoms with E-state index in [0.717, 1.165) is 47.7 Å². The van der Waals surface area contributed by atoms with Crippen LogP contribution in [-0.2, 0) is 19.5 Å². The van der Waals surface area contributed by atoms with Crippen LogP contribution in [0.5, 0.6) is 0 Å². The highest BCUT2D eigenvalue weighted by molar-refractivity contribution is 6.35. The number of nitro benzene ring substituents is 1. The third kappa shape index (κ3) is 4.40. The van der Waals surface area contributed by atoms with Crippen LogP contribution in [0.25, 0.3) is 16.5 Å². The smallest absolute Gasteiger partial charge is 0.306 e. The predicted octanol–water partition coefficient (Wildman–Crippen LogP) is 6.64. The molecule has 38 heavy (non-hydrogen) atoms. The Morgan fingerprint density at radius 2 is 2.16 bits per heavy atom. The van der Waals surface area contributed by atoms with Crippen molar-refractivity contribution in [2.45, 2.75) is 46.7 Å². The fourth-order valence-corrected chi connectivity index (χ4v) is 5.18. The number of para-hydroxylation sites is 1. The number of nitrogens with one attached hydrogen (secondary N) is 1. The number of rotatable bonds is 8. The van der Waals surface area contributed by atoms with Gasteiger partial charge in [-0.1, -0.05) is 30.9 Å². The summed E-state index contributed by atoms with van der Waals surface area (Å²) in [4.78, 5) is 15.5. The van der Waals surface area contributed by atoms with Crippen molar-refractivity contribution in [1.82, 2.24) is 14.3 Å². The molecule has 9 heteroatoms. The van der Waals surface area contributed by atoms with Crippen LogP contribution in [0.2, 0.25) is 0 Å². The van der Waals surface area contributed by atoms with Gasteiger partial charge in [0.25, 0.3) is 0 Å². The van der Waals surface area contributed by atoms with Gasteiger partial charge in [0.1, 0.15) is 5.82 Å². The second-order valence-corrected chi connectivity index (χ2v) is 9.30. The Morgan fingerprint density at radius 3 is 2.89 bits per heavy atom. The lowest BCUT2D eigenvalue weighted by atomic mass is 9.97. The molecule has 0 bridgehead atoms. The molecule has 1 N–H and O–H groups in total. The summed E-state index contributed by atoms with van der Waals surface area (Å²) in [6, 6.07) is 10.6. The minimum atomic E-state index is -0.883. The molecule has 0 saturated heterocycles. The summed E-state index contributed by atoms with van der Waals surface area (Å²) >= 11 is 0. The third-order valence-corrected chi connectivity index (χ3v) is 6.93. The van der Waals surface area contributed by atoms with E-state index in [4.69, 9.17) is 4.99 Å². The zero-order valence-corrected chi connectivity index (χ0v) is 21.7. The molecular weight excluding hydrogens is 483 g/mol. The Kier molecular flexibility index (Phi) is 6.67. The van der Waals surface area contributed by atoms with E-state index in [1.54, 1.807) is 13.1 Å². The van der Waals surface area contributed by atoms with Gasteiger partial charge in [0.15, 0.2) is 0 Å². The molecule has 0 unspecified atom stereocenters. The van der Waals surface area contributed by atoms with Crippen molar-refractivity contribution in [2.24, 2.45) is 4.99 Å². The van der Waals surface area contributed by atoms with Crippen LogP contribution in [-0.4, -0.2) is 25.0 Å². The summed E-state index contributed by atoms with van der Waals surface area (Å²) in [5.74, 6) is -0.608. The molecule has 0 saturated carbocycles. The molecule has 0 radical (unpaired) electrons. The van der Waals surface area contributed by atoms with Crippen molar-refractivity contribution in [3.05, 3.63) is 106 Å². The van der Waals surface area contributed by atoms with Gasteiger partial charge in [-0.15, -0.1) is 0 Å². The van der Waals surface area contributed by atoms with Gasteiger partial charge in [-0.25, -0.2) is 4.99 Å². The first-order valence-electron chi connectivity index (χ1n) is 12.6. The van der Waals surface area contributed by atoms with Gasteiger partial charge >= 0.3 is 5.69 Å². The third-order valence-electron chi connectivity index (χ3n) is 6.93. The maximum Gasteiger partial charge on any atom is 0.306 e. The predicted molar refractivity (Wildman–Crippen MR) is 149 cm³/mol. The minimum Gasteiger partial charge on any atom is -0.347 e. The first-order chi connectivity index (χ1) is 18.3. The molecule has 0 aliphatic carbocycles. The average molecular weight is 513 g/mol. The summed E-state index contributed by atoms with van der Waals surface area (Å²) in [6.45, 7) is 11.4. The van der Waals surface area contributed by atoms with Crippen molar-refractivity contribution in [2.75, 3.05) is 5.32 Å². The van der Waals surface area contributed by atoms with Crippen molar-refractivity contribution >= 4 is 33.6 Å². The molecule has 1 aliphatic heterocycles. The maximum absolute atomic E-state index is 14.1. The Labute approximate surface area is 220 Å².